The summed E-state index contributed by atoms with van der Waals surface area (Å²) in [5.41, 5.74) is 3.08. The second-order valence-corrected chi connectivity index (χ2v) is 5.19. The summed E-state index contributed by atoms with van der Waals surface area (Å²) in [7, 11) is 2.16. The molecule has 1 aliphatic heterocycles. The Morgan fingerprint density at radius 1 is 1.19 bits per heavy atom. The second-order valence-electron chi connectivity index (χ2n) is 5.19. The van der Waals surface area contributed by atoms with Crippen LogP contribution in [0, 0.1) is 0 Å². The maximum absolute atomic E-state index is 11.4. The summed E-state index contributed by atoms with van der Waals surface area (Å²) in [5.74, 6) is 0.442. The van der Waals surface area contributed by atoms with E-state index in [0.717, 1.165) is 32.2 Å². The maximum atomic E-state index is 11.4. The first kappa shape index (κ1) is 9.88. The van der Waals surface area contributed by atoms with Gasteiger partial charge in [0.25, 0.3) is 0 Å². The molecule has 0 atom stereocenters. The van der Waals surface area contributed by atoms with Gasteiger partial charge in [0.05, 0.1) is 0 Å². The van der Waals surface area contributed by atoms with Crippen LogP contribution in [0.4, 0.5) is 5.69 Å². The third-order valence-corrected chi connectivity index (χ3v) is 4.19. The Labute approximate surface area is 96.3 Å². The van der Waals surface area contributed by atoms with Crippen molar-refractivity contribution in [2.75, 3.05) is 18.5 Å². The normalized spacial score (nSPS) is 22.6. The van der Waals surface area contributed by atoms with Gasteiger partial charge in [-0.1, -0.05) is 18.2 Å². The van der Waals surface area contributed by atoms with Gasteiger partial charge in [0, 0.05) is 37.5 Å². The zero-order valence-corrected chi connectivity index (χ0v) is 9.70. The molecule has 3 rings (SSSR count). The molecule has 0 bridgehead atoms. The first-order chi connectivity index (χ1) is 7.71. The molecule has 2 nitrogen and oxygen atoms in total. The van der Waals surface area contributed by atoms with Crippen LogP contribution in [0.3, 0.4) is 0 Å². The number of para-hydroxylation sites is 1. The Morgan fingerprint density at radius 3 is 2.62 bits per heavy atom. The summed E-state index contributed by atoms with van der Waals surface area (Å²) in [6, 6.07) is 8.66. The highest BCUT2D eigenvalue weighted by molar-refractivity contribution is 5.80. The van der Waals surface area contributed by atoms with Crippen molar-refractivity contribution in [1.82, 2.24) is 0 Å². The van der Waals surface area contributed by atoms with Gasteiger partial charge in [-0.2, -0.15) is 0 Å². The van der Waals surface area contributed by atoms with Crippen molar-refractivity contribution < 1.29 is 4.79 Å². The number of likely N-dealkylation sites (N-methyl/N-ethyl adjacent to an activating group) is 1. The predicted molar refractivity (Wildman–Crippen MR) is 64.9 cm³/mol. The molecule has 0 saturated heterocycles. The highest BCUT2D eigenvalue weighted by atomic mass is 16.1. The van der Waals surface area contributed by atoms with Crippen LogP contribution in [0.5, 0.6) is 0 Å². The van der Waals surface area contributed by atoms with Crippen LogP contribution in [0.1, 0.15) is 31.2 Å². The van der Waals surface area contributed by atoms with Crippen molar-refractivity contribution in [1.29, 1.82) is 0 Å². The summed E-state index contributed by atoms with van der Waals surface area (Å²) in [6.45, 7) is 1.08. The number of benzene rings is 1. The van der Waals surface area contributed by atoms with Crippen molar-refractivity contribution in [3.05, 3.63) is 29.8 Å². The molecule has 0 unspecified atom stereocenters. The molecule has 1 aromatic rings. The van der Waals surface area contributed by atoms with Gasteiger partial charge in [0.2, 0.25) is 0 Å². The summed E-state index contributed by atoms with van der Waals surface area (Å²) < 4.78 is 0. The fraction of sp³-hybridized carbons (Fsp3) is 0.500. The molecule has 0 N–H and O–H groups in total. The number of ketones is 1. The smallest absolute Gasteiger partial charge is 0.132 e. The highest BCUT2D eigenvalue weighted by Gasteiger charge is 2.43. The number of hydrogen-bond donors (Lipinski definition) is 0. The molecule has 0 amide bonds. The van der Waals surface area contributed by atoms with Gasteiger partial charge in [-0.05, 0) is 24.5 Å². The van der Waals surface area contributed by atoms with Gasteiger partial charge < -0.3 is 4.90 Å². The number of hydrogen-bond acceptors (Lipinski definition) is 2. The standard InChI is InChI=1S/C14H17NO/c1-15-10-14(8-6-11(16)7-9-14)12-4-2-3-5-13(12)15/h2-5H,6-10H2,1H3. The minimum atomic E-state index is 0.263. The van der Waals surface area contributed by atoms with Gasteiger partial charge in [-0.15, -0.1) is 0 Å². The van der Waals surface area contributed by atoms with Gasteiger partial charge in [-0.3, -0.25) is 4.79 Å². The topological polar surface area (TPSA) is 20.3 Å². The van der Waals surface area contributed by atoms with Crippen LogP contribution in [0.2, 0.25) is 0 Å². The van der Waals surface area contributed by atoms with E-state index < -0.39 is 0 Å². The minimum Gasteiger partial charge on any atom is -0.373 e. The molecule has 2 heteroatoms. The number of rotatable bonds is 0. The Kier molecular flexibility index (Phi) is 2.06. The lowest BCUT2D eigenvalue weighted by molar-refractivity contribution is -0.121. The largest absolute Gasteiger partial charge is 0.373 e. The molecule has 1 saturated carbocycles. The Balaban J connectivity index is 2.02. The molecule has 84 valence electrons. The van der Waals surface area contributed by atoms with Gasteiger partial charge in [0.15, 0.2) is 0 Å². The van der Waals surface area contributed by atoms with E-state index in [2.05, 4.69) is 36.2 Å². The fourth-order valence-electron chi connectivity index (χ4n) is 3.31. The van der Waals surface area contributed by atoms with Crippen LogP contribution in [-0.2, 0) is 10.2 Å². The van der Waals surface area contributed by atoms with Crippen molar-refractivity contribution in [2.24, 2.45) is 0 Å². The van der Waals surface area contributed by atoms with Gasteiger partial charge >= 0.3 is 0 Å². The number of nitrogens with zero attached hydrogens (tertiary/aromatic N) is 1. The lowest BCUT2D eigenvalue weighted by Crippen LogP contribution is -2.36. The summed E-state index contributed by atoms with van der Waals surface area (Å²) in [4.78, 5) is 13.7. The minimum absolute atomic E-state index is 0.263. The summed E-state index contributed by atoms with van der Waals surface area (Å²) in [5, 5.41) is 0. The molecule has 1 aromatic carbocycles. The van der Waals surface area contributed by atoms with Crippen molar-refractivity contribution in [3.8, 4) is 0 Å². The molecule has 0 aromatic heterocycles. The zero-order chi connectivity index (χ0) is 11.2. The molecule has 1 fully saturated rings. The number of carbonyl (C=O) groups is 1. The lowest BCUT2D eigenvalue weighted by Gasteiger charge is -2.33. The van der Waals surface area contributed by atoms with E-state index in [9.17, 15) is 4.79 Å². The van der Waals surface area contributed by atoms with E-state index in [1.54, 1.807) is 0 Å². The maximum Gasteiger partial charge on any atom is 0.132 e. The first-order valence-corrected chi connectivity index (χ1v) is 6.04. The van der Waals surface area contributed by atoms with E-state index in [1.165, 1.54) is 11.3 Å². The van der Waals surface area contributed by atoms with Crippen LogP contribution in [-0.4, -0.2) is 19.4 Å². The van der Waals surface area contributed by atoms with Crippen molar-refractivity contribution >= 4 is 11.5 Å². The van der Waals surface area contributed by atoms with Gasteiger partial charge in [-0.25, -0.2) is 0 Å². The second kappa shape index (κ2) is 3.34. The van der Waals surface area contributed by atoms with E-state index in [0.29, 0.717) is 5.78 Å². The summed E-state index contributed by atoms with van der Waals surface area (Å²) in [6.07, 6.45) is 3.60. The number of anilines is 1. The average Bonchev–Trinajstić information content (AvgIpc) is 2.58. The van der Waals surface area contributed by atoms with Crippen LogP contribution in [0.15, 0.2) is 24.3 Å². The average molecular weight is 215 g/mol. The van der Waals surface area contributed by atoms with Crippen LogP contribution < -0.4 is 4.90 Å². The third-order valence-electron chi connectivity index (χ3n) is 4.19. The highest BCUT2D eigenvalue weighted by Crippen LogP contribution is 2.47. The number of fused-ring (bicyclic) bond motifs is 2. The van der Waals surface area contributed by atoms with E-state index in [1.807, 2.05) is 0 Å². The van der Waals surface area contributed by atoms with E-state index >= 15 is 0 Å². The quantitative estimate of drug-likeness (QED) is 0.662. The molecule has 2 aliphatic rings. The number of Topliss-reactive ketones (excluding diaryl/α,β-unsaturated/α-hetero) is 1. The Bertz CT molecular complexity index is 428. The monoisotopic (exact) mass is 215 g/mol. The molecular formula is C14H17NO. The summed E-state index contributed by atoms with van der Waals surface area (Å²) >= 11 is 0. The SMILES string of the molecule is CN1CC2(CCC(=O)CC2)c2ccccc21. The first-order valence-electron chi connectivity index (χ1n) is 6.04. The van der Waals surface area contributed by atoms with Crippen LogP contribution >= 0.6 is 0 Å². The van der Waals surface area contributed by atoms with E-state index in [4.69, 9.17) is 0 Å². The van der Waals surface area contributed by atoms with Crippen molar-refractivity contribution in [3.63, 3.8) is 0 Å². The molecule has 0 radical (unpaired) electrons. The van der Waals surface area contributed by atoms with Crippen molar-refractivity contribution in [2.45, 2.75) is 31.1 Å². The molecule has 1 heterocycles. The number of carbonyl (C=O) groups excluding carboxylic acids is 1. The molecule has 16 heavy (non-hydrogen) atoms. The predicted octanol–water partition coefficient (Wildman–Crippen LogP) is 2.52. The Hall–Kier alpha value is -1.31. The third kappa shape index (κ3) is 1.29. The zero-order valence-electron chi connectivity index (χ0n) is 9.70. The fourth-order valence-corrected chi connectivity index (χ4v) is 3.31. The van der Waals surface area contributed by atoms with Crippen LogP contribution in [0.25, 0.3) is 0 Å². The molecule has 1 spiro atoms. The Morgan fingerprint density at radius 2 is 1.88 bits per heavy atom. The molecule has 1 aliphatic carbocycles. The van der Waals surface area contributed by atoms with Gasteiger partial charge in [0.1, 0.15) is 5.78 Å². The molecular weight excluding hydrogens is 198 g/mol. The lowest BCUT2D eigenvalue weighted by atomic mass is 9.70. The van der Waals surface area contributed by atoms with E-state index in [-0.39, 0.29) is 5.41 Å².